The minimum atomic E-state index is 0.343. The van der Waals surface area contributed by atoms with E-state index in [9.17, 15) is 0 Å². The largest absolute Gasteiger partial charge is 0.379 e. The van der Waals surface area contributed by atoms with E-state index in [1.165, 1.54) is 0 Å². The predicted molar refractivity (Wildman–Crippen MR) is 30.8 cm³/mol. The Balaban J connectivity index is 2.15. The van der Waals surface area contributed by atoms with Crippen molar-refractivity contribution in [2.24, 2.45) is 0 Å². The van der Waals surface area contributed by atoms with Gasteiger partial charge in [0.05, 0.1) is 12.7 Å². The Bertz CT molecular complexity index is 64.9. The highest BCUT2D eigenvalue weighted by molar-refractivity contribution is 4.78. The van der Waals surface area contributed by atoms with Crippen LogP contribution in [0.25, 0.3) is 0 Å². The monoisotopic (exact) mass is 116 g/mol. The molecule has 48 valence electrons. The van der Waals surface area contributed by atoms with Crippen molar-refractivity contribution in [3.05, 3.63) is 0 Å². The zero-order valence-corrected chi connectivity index (χ0v) is 5.39. The van der Waals surface area contributed by atoms with Gasteiger partial charge in [-0.3, -0.25) is 0 Å². The van der Waals surface area contributed by atoms with Gasteiger partial charge in [-0.25, -0.2) is 0 Å². The lowest BCUT2D eigenvalue weighted by Crippen LogP contribution is -2.15. The van der Waals surface area contributed by atoms with Gasteiger partial charge in [-0.15, -0.1) is 0 Å². The molecule has 0 aliphatic carbocycles. The van der Waals surface area contributed by atoms with E-state index in [2.05, 4.69) is 6.92 Å². The van der Waals surface area contributed by atoms with Crippen LogP contribution in [0.2, 0.25) is 0 Å². The predicted octanol–water partition coefficient (Wildman–Crippen LogP) is 0.810. The summed E-state index contributed by atoms with van der Waals surface area (Å²) >= 11 is 0. The molecular weight excluding hydrogens is 104 g/mol. The van der Waals surface area contributed by atoms with Gasteiger partial charge in [0.25, 0.3) is 0 Å². The van der Waals surface area contributed by atoms with Gasteiger partial charge in [-0.05, 0) is 6.42 Å². The lowest BCUT2D eigenvalue weighted by Gasteiger charge is -2.07. The molecule has 0 amide bonds. The molecule has 0 aromatic heterocycles. The fourth-order valence-electron chi connectivity index (χ4n) is 0.852. The molecule has 1 aliphatic rings. The van der Waals surface area contributed by atoms with Crippen molar-refractivity contribution in [2.45, 2.75) is 25.6 Å². The zero-order chi connectivity index (χ0) is 5.98. The Kier molecular flexibility index (Phi) is 1.86. The molecule has 0 aromatic rings. The third-order valence-corrected chi connectivity index (χ3v) is 1.48. The van der Waals surface area contributed by atoms with Crippen LogP contribution < -0.4 is 0 Å². The highest BCUT2D eigenvalue weighted by Crippen LogP contribution is 2.18. The maximum Gasteiger partial charge on any atom is 0.107 e. The molecule has 0 aromatic carbocycles. The van der Waals surface area contributed by atoms with E-state index in [1.807, 2.05) is 0 Å². The maximum absolute atomic E-state index is 5.10. The third-order valence-electron chi connectivity index (χ3n) is 1.48. The normalized spacial score (nSPS) is 30.0. The molecule has 1 saturated heterocycles. The van der Waals surface area contributed by atoms with E-state index < -0.39 is 0 Å². The molecule has 0 spiro atoms. The van der Waals surface area contributed by atoms with Crippen LogP contribution in [-0.4, -0.2) is 25.9 Å². The number of epoxide rings is 1. The van der Waals surface area contributed by atoms with Crippen molar-refractivity contribution >= 4 is 0 Å². The summed E-state index contributed by atoms with van der Waals surface area (Å²) in [5.41, 5.74) is 0. The van der Waals surface area contributed by atoms with Crippen LogP contribution in [0.1, 0.15) is 13.3 Å². The molecule has 2 heteroatoms. The SMILES string of the molecule is CCC(OC)C1CO1. The van der Waals surface area contributed by atoms with Crippen molar-refractivity contribution in [3.8, 4) is 0 Å². The fourth-order valence-corrected chi connectivity index (χ4v) is 0.852. The number of rotatable bonds is 3. The molecule has 2 atom stereocenters. The van der Waals surface area contributed by atoms with E-state index in [0.29, 0.717) is 12.2 Å². The number of methoxy groups -OCH3 is 1. The molecule has 1 fully saturated rings. The van der Waals surface area contributed by atoms with Crippen molar-refractivity contribution in [3.63, 3.8) is 0 Å². The molecule has 2 unspecified atom stereocenters. The van der Waals surface area contributed by atoms with Crippen molar-refractivity contribution < 1.29 is 9.47 Å². The minimum Gasteiger partial charge on any atom is -0.379 e. The standard InChI is InChI=1S/C6H12O2/c1-3-5(7-2)6-4-8-6/h5-6H,3-4H2,1-2H3. The van der Waals surface area contributed by atoms with Gasteiger partial charge >= 0.3 is 0 Å². The summed E-state index contributed by atoms with van der Waals surface area (Å²) in [4.78, 5) is 0. The summed E-state index contributed by atoms with van der Waals surface area (Å²) in [7, 11) is 1.73. The first-order chi connectivity index (χ1) is 3.88. The fraction of sp³-hybridized carbons (Fsp3) is 1.00. The van der Waals surface area contributed by atoms with Crippen molar-refractivity contribution in [1.82, 2.24) is 0 Å². The first kappa shape index (κ1) is 6.05. The topological polar surface area (TPSA) is 21.8 Å². The second-order valence-corrected chi connectivity index (χ2v) is 2.05. The summed E-state index contributed by atoms with van der Waals surface area (Å²) in [5.74, 6) is 0. The van der Waals surface area contributed by atoms with E-state index in [0.717, 1.165) is 13.0 Å². The van der Waals surface area contributed by atoms with Crippen LogP contribution in [0.5, 0.6) is 0 Å². The van der Waals surface area contributed by atoms with Crippen LogP contribution in [0.4, 0.5) is 0 Å². The lowest BCUT2D eigenvalue weighted by atomic mass is 10.2. The molecule has 8 heavy (non-hydrogen) atoms. The lowest BCUT2D eigenvalue weighted by molar-refractivity contribution is 0.0734. The van der Waals surface area contributed by atoms with Crippen molar-refractivity contribution in [2.75, 3.05) is 13.7 Å². The first-order valence-electron chi connectivity index (χ1n) is 3.03. The van der Waals surface area contributed by atoms with Crippen LogP contribution in [0.15, 0.2) is 0 Å². The Morgan fingerprint density at radius 1 is 1.88 bits per heavy atom. The first-order valence-corrected chi connectivity index (χ1v) is 3.03. The van der Waals surface area contributed by atoms with E-state index in [-0.39, 0.29) is 0 Å². The molecule has 1 heterocycles. The van der Waals surface area contributed by atoms with Gasteiger partial charge in [-0.1, -0.05) is 6.92 Å². The highest BCUT2D eigenvalue weighted by Gasteiger charge is 2.31. The summed E-state index contributed by atoms with van der Waals surface area (Å²) in [6.45, 7) is 3.00. The van der Waals surface area contributed by atoms with Crippen LogP contribution in [-0.2, 0) is 9.47 Å². The second-order valence-electron chi connectivity index (χ2n) is 2.05. The van der Waals surface area contributed by atoms with Gasteiger partial charge in [-0.2, -0.15) is 0 Å². The molecule has 1 aliphatic heterocycles. The Labute approximate surface area is 49.8 Å². The van der Waals surface area contributed by atoms with Crippen LogP contribution >= 0.6 is 0 Å². The molecule has 1 rings (SSSR count). The zero-order valence-electron chi connectivity index (χ0n) is 5.39. The number of hydrogen-bond donors (Lipinski definition) is 0. The van der Waals surface area contributed by atoms with Crippen LogP contribution in [0, 0.1) is 0 Å². The van der Waals surface area contributed by atoms with Gasteiger partial charge in [0, 0.05) is 7.11 Å². The highest BCUT2D eigenvalue weighted by atomic mass is 16.6. The molecule has 2 nitrogen and oxygen atoms in total. The summed E-state index contributed by atoms with van der Waals surface area (Å²) in [6, 6.07) is 0. The van der Waals surface area contributed by atoms with Gasteiger partial charge in [0.1, 0.15) is 6.10 Å². The van der Waals surface area contributed by atoms with Gasteiger partial charge in [0.15, 0.2) is 0 Å². The van der Waals surface area contributed by atoms with E-state index >= 15 is 0 Å². The maximum atomic E-state index is 5.10. The van der Waals surface area contributed by atoms with Gasteiger partial charge < -0.3 is 9.47 Å². The summed E-state index contributed by atoms with van der Waals surface area (Å²) < 4.78 is 10.1. The Morgan fingerprint density at radius 2 is 2.50 bits per heavy atom. The average Bonchev–Trinajstić information content (AvgIpc) is 2.53. The quantitative estimate of drug-likeness (QED) is 0.509. The molecular formula is C6H12O2. The molecule has 0 N–H and O–H groups in total. The van der Waals surface area contributed by atoms with E-state index in [1.54, 1.807) is 7.11 Å². The van der Waals surface area contributed by atoms with Gasteiger partial charge in [0.2, 0.25) is 0 Å². The Hall–Kier alpha value is -0.0800. The van der Waals surface area contributed by atoms with Crippen molar-refractivity contribution in [1.29, 1.82) is 0 Å². The third kappa shape index (κ3) is 1.20. The number of ether oxygens (including phenoxy) is 2. The minimum absolute atomic E-state index is 0.343. The number of hydrogen-bond acceptors (Lipinski definition) is 2. The summed E-state index contributed by atoms with van der Waals surface area (Å²) in [5, 5.41) is 0. The second kappa shape index (κ2) is 2.46. The molecule has 0 saturated carbocycles. The van der Waals surface area contributed by atoms with Crippen LogP contribution in [0.3, 0.4) is 0 Å². The van der Waals surface area contributed by atoms with E-state index in [4.69, 9.17) is 9.47 Å². The molecule has 0 bridgehead atoms. The summed E-state index contributed by atoms with van der Waals surface area (Å²) in [6.07, 6.45) is 1.81. The molecule has 0 radical (unpaired) electrons. The Morgan fingerprint density at radius 3 is 2.62 bits per heavy atom. The smallest absolute Gasteiger partial charge is 0.107 e. The average molecular weight is 116 g/mol.